The molecule has 0 aliphatic heterocycles. The number of hydrogen-bond donors (Lipinski definition) is 1. The van der Waals surface area contributed by atoms with Gasteiger partial charge >= 0.3 is 0 Å². The van der Waals surface area contributed by atoms with E-state index < -0.39 is 0 Å². The Bertz CT molecular complexity index is 340. The highest BCUT2D eigenvalue weighted by molar-refractivity contribution is 5.44. The summed E-state index contributed by atoms with van der Waals surface area (Å²) in [5.74, 6) is 0.684. The fraction of sp³-hybridized carbons (Fsp3) is 0.600. The average molecular weight is 219 g/mol. The van der Waals surface area contributed by atoms with Crippen LogP contribution < -0.4 is 5.73 Å². The molecule has 0 fully saturated rings. The molecule has 90 valence electrons. The molecule has 0 saturated carbocycles. The quantitative estimate of drug-likeness (QED) is 0.824. The lowest BCUT2D eigenvalue weighted by atomic mass is 9.88. The van der Waals surface area contributed by atoms with Gasteiger partial charge in [-0.2, -0.15) is 0 Å². The molecule has 1 aromatic carbocycles. The Balaban J connectivity index is 3.03. The molecule has 0 aromatic heterocycles. The monoisotopic (exact) mass is 219 g/mol. The molecular weight excluding hydrogens is 194 g/mol. The van der Waals surface area contributed by atoms with E-state index in [0.717, 1.165) is 19.4 Å². The van der Waals surface area contributed by atoms with Crippen LogP contribution in [0.25, 0.3) is 0 Å². The van der Waals surface area contributed by atoms with Crippen LogP contribution in [0.3, 0.4) is 0 Å². The zero-order valence-corrected chi connectivity index (χ0v) is 11.4. The molecule has 1 aromatic rings. The first-order chi connectivity index (χ1) is 7.47. The third-order valence-corrected chi connectivity index (χ3v) is 3.73. The molecule has 1 rings (SSSR count). The lowest BCUT2D eigenvalue weighted by Gasteiger charge is -2.18. The summed E-state index contributed by atoms with van der Waals surface area (Å²) in [6.07, 6.45) is 2.28. The van der Waals surface area contributed by atoms with E-state index in [1.54, 1.807) is 5.56 Å². The highest BCUT2D eigenvalue weighted by Gasteiger charge is 2.11. The number of hydrogen-bond acceptors (Lipinski definition) is 1. The maximum atomic E-state index is 5.62. The van der Waals surface area contributed by atoms with Gasteiger partial charge in [0.1, 0.15) is 0 Å². The maximum Gasteiger partial charge on any atom is -0.00746 e. The van der Waals surface area contributed by atoms with E-state index >= 15 is 0 Å². The summed E-state index contributed by atoms with van der Waals surface area (Å²) in [6.45, 7) is 12.0. The smallest absolute Gasteiger partial charge is 0.00746 e. The Labute approximate surface area is 100 Å². The van der Waals surface area contributed by atoms with E-state index in [2.05, 4.69) is 40.7 Å². The van der Waals surface area contributed by atoms with Gasteiger partial charge in [-0.3, -0.25) is 0 Å². The van der Waals surface area contributed by atoms with Crippen molar-refractivity contribution in [3.63, 3.8) is 0 Å². The second kappa shape index (κ2) is 5.49. The Morgan fingerprint density at radius 3 is 2.00 bits per heavy atom. The predicted octanol–water partition coefficient (Wildman–Crippen LogP) is 3.45. The van der Waals surface area contributed by atoms with Crippen LogP contribution in [0, 0.1) is 33.6 Å². The molecule has 0 amide bonds. The van der Waals surface area contributed by atoms with Gasteiger partial charge in [-0.1, -0.05) is 13.0 Å². The third-order valence-electron chi connectivity index (χ3n) is 3.73. The van der Waals surface area contributed by atoms with Crippen molar-refractivity contribution in [2.45, 2.75) is 47.5 Å². The largest absolute Gasteiger partial charge is 0.330 e. The number of benzene rings is 1. The molecule has 1 heteroatoms. The predicted molar refractivity (Wildman–Crippen MR) is 71.9 cm³/mol. The summed E-state index contributed by atoms with van der Waals surface area (Å²) < 4.78 is 0. The second-order valence-electron chi connectivity index (χ2n) is 5.13. The molecular formula is C15H25N. The van der Waals surface area contributed by atoms with Crippen LogP contribution in [0.4, 0.5) is 0 Å². The first-order valence-corrected chi connectivity index (χ1v) is 6.23. The van der Waals surface area contributed by atoms with Crippen molar-refractivity contribution in [2.24, 2.45) is 11.7 Å². The van der Waals surface area contributed by atoms with Crippen LogP contribution in [0.1, 0.15) is 41.2 Å². The third kappa shape index (κ3) is 2.85. The van der Waals surface area contributed by atoms with E-state index in [0.29, 0.717) is 5.92 Å². The number of aryl methyl sites for hydroxylation is 2. The van der Waals surface area contributed by atoms with E-state index in [-0.39, 0.29) is 0 Å². The molecule has 0 radical (unpaired) electrons. The molecule has 0 bridgehead atoms. The SMILES string of the molecule is Cc1cc(C)c(C)c(CC(C)CCN)c1C. The Morgan fingerprint density at radius 1 is 1.06 bits per heavy atom. The van der Waals surface area contributed by atoms with Gasteiger partial charge in [0.05, 0.1) is 0 Å². The summed E-state index contributed by atoms with van der Waals surface area (Å²) >= 11 is 0. The lowest BCUT2D eigenvalue weighted by molar-refractivity contribution is 0.535. The molecule has 0 spiro atoms. The van der Waals surface area contributed by atoms with Gasteiger partial charge in [0, 0.05) is 0 Å². The summed E-state index contributed by atoms with van der Waals surface area (Å²) in [5.41, 5.74) is 12.9. The van der Waals surface area contributed by atoms with Crippen molar-refractivity contribution in [3.05, 3.63) is 33.9 Å². The Morgan fingerprint density at radius 2 is 1.56 bits per heavy atom. The van der Waals surface area contributed by atoms with Gasteiger partial charge in [-0.25, -0.2) is 0 Å². The molecule has 0 aliphatic carbocycles. The average Bonchev–Trinajstić information content (AvgIpc) is 2.22. The summed E-state index contributed by atoms with van der Waals surface area (Å²) in [6, 6.07) is 2.29. The van der Waals surface area contributed by atoms with E-state index in [9.17, 15) is 0 Å². The first-order valence-electron chi connectivity index (χ1n) is 6.23. The highest BCUT2D eigenvalue weighted by Crippen LogP contribution is 2.24. The zero-order chi connectivity index (χ0) is 12.3. The van der Waals surface area contributed by atoms with Gasteiger partial charge < -0.3 is 5.73 Å². The zero-order valence-electron chi connectivity index (χ0n) is 11.4. The molecule has 0 aliphatic rings. The van der Waals surface area contributed by atoms with Gasteiger partial charge in [0.15, 0.2) is 0 Å². The second-order valence-corrected chi connectivity index (χ2v) is 5.13. The number of rotatable bonds is 4. The van der Waals surface area contributed by atoms with Crippen LogP contribution in [-0.2, 0) is 6.42 Å². The van der Waals surface area contributed by atoms with E-state index in [1.165, 1.54) is 22.3 Å². The normalized spacial score (nSPS) is 12.9. The maximum absolute atomic E-state index is 5.62. The van der Waals surface area contributed by atoms with Gasteiger partial charge in [0.25, 0.3) is 0 Å². The van der Waals surface area contributed by atoms with Crippen molar-refractivity contribution in [1.29, 1.82) is 0 Å². The lowest BCUT2D eigenvalue weighted by Crippen LogP contribution is -2.10. The molecule has 1 nitrogen and oxygen atoms in total. The van der Waals surface area contributed by atoms with E-state index in [1.807, 2.05) is 0 Å². The molecule has 1 atom stereocenters. The molecule has 0 saturated heterocycles. The van der Waals surface area contributed by atoms with Crippen molar-refractivity contribution in [1.82, 2.24) is 0 Å². The van der Waals surface area contributed by atoms with Crippen LogP contribution >= 0.6 is 0 Å². The molecule has 1 unspecified atom stereocenters. The standard InChI is InChI=1S/C15H25N/c1-10(6-7-16)8-15-13(4)11(2)9-12(3)14(15)5/h9-10H,6-8,16H2,1-5H3. The topological polar surface area (TPSA) is 26.0 Å². The summed E-state index contributed by atoms with van der Waals surface area (Å²) in [5, 5.41) is 0. The number of nitrogens with two attached hydrogens (primary N) is 1. The van der Waals surface area contributed by atoms with Gasteiger partial charge in [-0.05, 0) is 80.8 Å². The summed E-state index contributed by atoms with van der Waals surface area (Å²) in [4.78, 5) is 0. The van der Waals surface area contributed by atoms with Crippen LogP contribution in [0.5, 0.6) is 0 Å². The van der Waals surface area contributed by atoms with Crippen LogP contribution in [0.15, 0.2) is 6.07 Å². The van der Waals surface area contributed by atoms with Crippen molar-refractivity contribution < 1.29 is 0 Å². The Hall–Kier alpha value is -0.820. The summed E-state index contributed by atoms with van der Waals surface area (Å²) in [7, 11) is 0. The first kappa shape index (κ1) is 13.2. The fourth-order valence-electron chi connectivity index (χ4n) is 2.34. The van der Waals surface area contributed by atoms with Crippen molar-refractivity contribution >= 4 is 0 Å². The van der Waals surface area contributed by atoms with Crippen molar-refractivity contribution in [3.8, 4) is 0 Å². The highest BCUT2D eigenvalue weighted by atomic mass is 14.5. The van der Waals surface area contributed by atoms with Gasteiger partial charge in [0.2, 0.25) is 0 Å². The van der Waals surface area contributed by atoms with Crippen molar-refractivity contribution in [2.75, 3.05) is 6.54 Å². The Kier molecular flexibility index (Phi) is 4.55. The van der Waals surface area contributed by atoms with Crippen LogP contribution in [-0.4, -0.2) is 6.54 Å². The van der Waals surface area contributed by atoms with Gasteiger partial charge in [-0.15, -0.1) is 0 Å². The molecule has 16 heavy (non-hydrogen) atoms. The molecule has 0 heterocycles. The molecule has 2 N–H and O–H groups in total. The van der Waals surface area contributed by atoms with Crippen LogP contribution in [0.2, 0.25) is 0 Å². The minimum atomic E-state index is 0.684. The minimum Gasteiger partial charge on any atom is -0.330 e. The van der Waals surface area contributed by atoms with E-state index in [4.69, 9.17) is 5.73 Å². The minimum absolute atomic E-state index is 0.684. The fourth-order valence-corrected chi connectivity index (χ4v) is 2.34.